The largest absolute Gasteiger partial charge is 0.397 e. The standard InChI is InChI=1S/C12H11ClN2S/c13-9-3-1-2-4-12(9)16-8-5-6-10(14)11(15)7-8/h1-7H,14-15H2. The van der Waals surface area contributed by atoms with E-state index in [0.717, 1.165) is 14.8 Å². The number of rotatable bonds is 2. The van der Waals surface area contributed by atoms with E-state index in [0.29, 0.717) is 11.4 Å². The van der Waals surface area contributed by atoms with Crippen LogP contribution in [0.4, 0.5) is 11.4 Å². The van der Waals surface area contributed by atoms with Crippen molar-refractivity contribution in [3.05, 3.63) is 47.5 Å². The van der Waals surface area contributed by atoms with Gasteiger partial charge in [-0.1, -0.05) is 35.5 Å². The molecule has 4 heteroatoms. The molecule has 16 heavy (non-hydrogen) atoms. The van der Waals surface area contributed by atoms with E-state index in [2.05, 4.69) is 0 Å². The van der Waals surface area contributed by atoms with E-state index in [9.17, 15) is 0 Å². The summed E-state index contributed by atoms with van der Waals surface area (Å²) in [5.41, 5.74) is 12.6. The fraction of sp³-hybridized carbons (Fsp3) is 0. The van der Waals surface area contributed by atoms with Gasteiger partial charge in [0, 0.05) is 9.79 Å². The van der Waals surface area contributed by atoms with Gasteiger partial charge in [-0.25, -0.2) is 0 Å². The summed E-state index contributed by atoms with van der Waals surface area (Å²) in [7, 11) is 0. The van der Waals surface area contributed by atoms with Crippen LogP contribution in [0.2, 0.25) is 5.02 Å². The van der Waals surface area contributed by atoms with E-state index in [-0.39, 0.29) is 0 Å². The zero-order valence-corrected chi connectivity index (χ0v) is 10.1. The second-order valence-electron chi connectivity index (χ2n) is 3.32. The Hall–Kier alpha value is -1.32. The van der Waals surface area contributed by atoms with E-state index >= 15 is 0 Å². The molecule has 0 amide bonds. The van der Waals surface area contributed by atoms with Gasteiger partial charge in [0.25, 0.3) is 0 Å². The van der Waals surface area contributed by atoms with Gasteiger partial charge in [-0.3, -0.25) is 0 Å². The first-order valence-corrected chi connectivity index (χ1v) is 5.93. The van der Waals surface area contributed by atoms with Crippen LogP contribution < -0.4 is 11.5 Å². The fourth-order valence-electron chi connectivity index (χ4n) is 1.27. The molecule has 2 rings (SSSR count). The van der Waals surface area contributed by atoms with Gasteiger partial charge in [-0.2, -0.15) is 0 Å². The number of nitrogen functional groups attached to an aromatic ring is 2. The Morgan fingerprint density at radius 2 is 1.69 bits per heavy atom. The van der Waals surface area contributed by atoms with E-state index in [4.69, 9.17) is 23.1 Å². The lowest BCUT2D eigenvalue weighted by Crippen LogP contribution is -1.93. The lowest BCUT2D eigenvalue weighted by Gasteiger charge is -2.06. The maximum Gasteiger partial charge on any atom is 0.0559 e. The molecule has 0 unspecified atom stereocenters. The zero-order valence-electron chi connectivity index (χ0n) is 8.48. The molecule has 0 atom stereocenters. The molecular formula is C12H11ClN2S. The van der Waals surface area contributed by atoms with Crippen LogP contribution in [0.15, 0.2) is 52.3 Å². The van der Waals surface area contributed by atoms with Crippen LogP contribution >= 0.6 is 23.4 Å². The normalized spacial score (nSPS) is 10.3. The molecule has 0 bridgehead atoms. The van der Waals surface area contributed by atoms with Crippen molar-refractivity contribution in [2.45, 2.75) is 9.79 Å². The van der Waals surface area contributed by atoms with Gasteiger partial charge in [-0.15, -0.1) is 0 Å². The Morgan fingerprint density at radius 1 is 0.938 bits per heavy atom. The second-order valence-corrected chi connectivity index (χ2v) is 4.85. The monoisotopic (exact) mass is 250 g/mol. The van der Waals surface area contributed by atoms with Crippen molar-refractivity contribution in [2.24, 2.45) is 0 Å². The third-order valence-electron chi connectivity index (χ3n) is 2.12. The van der Waals surface area contributed by atoms with Crippen molar-refractivity contribution in [3.8, 4) is 0 Å². The summed E-state index contributed by atoms with van der Waals surface area (Å²) in [6, 6.07) is 13.3. The highest BCUT2D eigenvalue weighted by Gasteiger charge is 2.03. The molecule has 0 saturated carbocycles. The average Bonchev–Trinajstić information content (AvgIpc) is 2.27. The van der Waals surface area contributed by atoms with Gasteiger partial charge in [0.1, 0.15) is 0 Å². The highest BCUT2D eigenvalue weighted by Crippen LogP contribution is 2.34. The molecule has 0 aliphatic heterocycles. The lowest BCUT2D eigenvalue weighted by atomic mass is 10.3. The number of benzene rings is 2. The predicted molar refractivity (Wildman–Crippen MR) is 70.8 cm³/mol. The summed E-state index contributed by atoms with van der Waals surface area (Å²) in [6.45, 7) is 0. The predicted octanol–water partition coefficient (Wildman–Crippen LogP) is 3.66. The maximum absolute atomic E-state index is 6.07. The minimum Gasteiger partial charge on any atom is -0.397 e. The van der Waals surface area contributed by atoms with Gasteiger partial charge < -0.3 is 11.5 Å². The highest BCUT2D eigenvalue weighted by atomic mass is 35.5. The Kier molecular flexibility index (Phi) is 3.27. The highest BCUT2D eigenvalue weighted by molar-refractivity contribution is 7.99. The minimum absolute atomic E-state index is 0.594. The molecule has 0 radical (unpaired) electrons. The molecule has 0 saturated heterocycles. The third-order valence-corrected chi connectivity index (χ3v) is 3.63. The summed E-state index contributed by atoms with van der Waals surface area (Å²) < 4.78 is 0. The zero-order chi connectivity index (χ0) is 11.5. The van der Waals surface area contributed by atoms with Crippen molar-refractivity contribution in [3.63, 3.8) is 0 Å². The quantitative estimate of drug-likeness (QED) is 0.800. The number of anilines is 2. The molecule has 0 fully saturated rings. The molecule has 0 aliphatic carbocycles. The summed E-state index contributed by atoms with van der Waals surface area (Å²) in [5.74, 6) is 0. The van der Waals surface area contributed by atoms with Gasteiger partial charge >= 0.3 is 0 Å². The van der Waals surface area contributed by atoms with Crippen molar-refractivity contribution in [1.82, 2.24) is 0 Å². The first kappa shape index (κ1) is 11.2. The number of halogens is 1. The maximum atomic E-state index is 6.07. The molecule has 0 heterocycles. The van der Waals surface area contributed by atoms with E-state index in [1.807, 2.05) is 36.4 Å². The number of hydrogen-bond acceptors (Lipinski definition) is 3. The molecule has 2 aromatic carbocycles. The van der Waals surface area contributed by atoms with Gasteiger partial charge in [0.05, 0.1) is 16.4 Å². The molecule has 2 aromatic rings. The van der Waals surface area contributed by atoms with Crippen molar-refractivity contribution >= 4 is 34.7 Å². The van der Waals surface area contributed by atoms with Crippen LogP contribution in [0, 0.1) is 0 Å². The SMILES string of the molecule is Nc1ccc(Sc2ccccc2Cl)cc1N. The smallest absolute Gasteiger partial charge is 0.0559 e. The molecule has 0 spiro atoms. The first-order chi connectivity index (χ1) is 7.66. The van der Waals surface area contributed by atoms with E-state index in [1.54, 1.807) is 17.8 Å². The number of nitrogens with two attached hydrogens (primary N) is 2. The van der Waals surface area contributed by atoms with Crippen LogP contribution in [0.5, 0.6) is 0 Å². The summed E-state index contributed by atoms with van der Waals surface area (Å²) >= 11 is 7.64. The van der Waals surface area contributed by atoms with Gasteiger partial charge in [-0.05, 0) is 30.3 Å². The molecule has 0 aromatic heterocycles. The van der Waals surface area contributed by atoms with Crippen molar-refractivity contribution < 1.29 is 0 Å². The molecule has 82 valence electrons. The first-order valence-electron chi connectivity index (χ1n) is 4.74. The van der Waals surface area contributed by atoms with Crippen LogP contribution in [0.25, 0.3) is 0 Å². The lowest BCUT2D eigenvalue weighted by molar-refractivity contribution is 1.41. The minimum atomic E-state index is 0.594. The van der Waals surface area contributed by atoms with Crippen molar-refractivity contribution in [2.75, 3.05) is 11.5 Å². The summed E-state index contributed by atoms with van der Waals surface area (Å²) in [5, 5.41) is 0.739. The van der Waals surface area contributed by atoms with E-state index in [1.165, 1.54) is 0 Å². The summed E-state index contributed by atoms with van der Waals surface area (Å²) in [4.78, 5) is 2.04. The molecule has 0 aliphatic rings. The summed E-state index contributed by atoms with van der Waals surface area (Å²) in [6.07, 6.45) is 0. The fourth-order valence-corrected chi connectivity index (χ4v) is 2.41. The average molecular weight is 251 g/mol. The Morgan fingerprint density at radius 3 is 2.38 bits per heavy atom. The number of hydrogen-bond donors (Lipinski definition) is 2. The second kappa shape index (κ2) is 4.68. The Balaban J connectivity index is 2.28. The van der Waals surface area contributed by atoms with Crippen LogP contribution in [0.3, 0.4) is 0 Å². The van der Waals surface area contributed by atoms with Crippen LogP contribution in [-0.4, -0.2) is 0 Å². The molecule has 2 nitrogen and oxygen atoms in total. The molecular weight excluding hydrogens is 240 g/mol. The Bertz CT molecular complexity index is 514. The molecule has 4 N–H and O–H groups in total. The van der Waals surface area contributed by atoms with Crippen molar-refractivity contribution in [1.29, 1.82) is 0 Å². The van der Waals surface area contributed by atoms with Crippen LogP contribution in [-0.2, 0) is 0 Å². The van der Waals surface area contributed by atoms with Gasteiger partial charge in [0.2, 0.25) is 0 Å². The third kappa shape index (κ3) is 2.43. The van der Waals surface area contributed by atoms with Gasteiger partial charge in [0.15, 0.2) is 0 Å². The van der Waals surface area contributed by atoms with Crippen LogP contribution in [0.1, 0.15) is 0 Å². The Labute approximate surface area is 104 Å². The topological polar surface area (TPSA) is 52.0 Å². The van der Waals surface area contributed by atoms with E-state index < -0.39 is 0 Å².